The summed E-state index contributed by atoms with van der Waals surface area (Å²) in [6, 6.07) is 8.42. The van der Waals surface area contributed by atoms with Crippen LogP contribution in [0.5, 0.6) is 5.75 Å². The van der Waals surface area contributed by atoms with Crippen molar-refractivity contribution in [2.45, 2.75) is 52.9 Å². The molecule has 1 aliphatic heterocycles. The molecule has 2 heterocycles. The number of benzene rings is 1. The minimum atomic E-state index is 0.189. The largest absolute Gasteiger partial charge is 0.494 e. The highest BCUT2D eigenvalue weighted by Gasteiger charge is 2.24. The zero-order valence-electron chi connectivity index (χ0n) is 16.7. The second-order valence-electron chi connectivity index (χ2n) is 7.42. The van der Waals surface area contributed by atoms with Crippen LogP contribution in [-0.2, 0) is 17.6 Å². The maximum absolute atomic E-state index is 12.6. The normalized spacial score (nSPS) is 15.1. The summed E-state index contributed by atoms with van der Waals surface area (Å²) in [6.45, 7) is 8.18. The van der Waals surface area contributed by atoms with Crippen LogP contribution < -0.4 is 4.74 Å². The van der Waals surface area contributed by atoms with Crippen molar-refractivity contribution in [1.29, 1.82) is 0 Å². The monoisotopic (exact) mass is 370 g/mol. The van der Waals surface area contributed by atoms with Crippen LogP contribution in [0.2, 0.25) is 0 Å². The van der Waals surface area contributed by atoms with Gasteiger partial charge in [-0.25, -0.2) is 0 Å². The Morgan fingerprint density at radius 2 is 1.93 bits per heavy atom. The van der Waals surface area contributed by atoms with Crippen LogP contribution in [0.15, 0.2) is 28.8 Å². The first-order valence-corrected chi connectivity index (χ1v) is 9.98. The Labute approximate surface area is 161 Å². The first-order valence-electron chi connectivity index (χ1n) is 9.98. The number of likely N-dealkylation sites (tertiary alicyclic amines) is 1. The van der Waals surface area contributed by atoms with Crippen LogP contribution in [0.4, 0.5) is 0 Å². The van der Waals surface area contributed by atoms with Crippen LogP contribution in [0.25, 0.3) is 0 Å². The smallest absolute Gasteiger partial charge is 0.227 e. The first kappa shape index (κ1) is 19.5. The number of carbonyl (C=O) groups is 1. The number of rotatable bonds is 7. The number of nitrogens with zero attached hydrogens (tertiary/aromatic N) is 2. The number of aromatic nitrogens is 1. The Morgan fingerprint density at radius 3 is 2.52 bits per heavy atom. The maximum atomic E-state index is 12.6. The fourth-order valence-electron chi connectivity index (χ4n) is 3.78. The second-order valence-corrected chi connectivity index (χ2v) is 7.42. The molecule has 0 unspecified atom stereocenters. The standard InChI is InChI=1S/C22H30N2O3/c1-4-26-20-9-7-18(8-10-20)5-6-19-11-13-24(14-12-19)22(25)15-21-16(2)23-27-17(21)3/h7-10,19H,4-6,11-15H2,1-3H3. The van der Waals surface area contributed by atoms with Gasteiger partial charge in [-0.3, -0.25) is 4.79 Å². The van der Waals surface area contributed by atoms with Crippen LogP contribution >= 0.6 is 0 Å². The van der Waals surface area contributed by atoms with Gasteiger partial charge in [0.15, 0.2) is 0 Å². The Bertz CT molecular complexity index is 724. The van der Waals surface area contributed by atoms with Crippen LogP contribution in [-0.4, -0.2) is 35.7 Å². The van der Waals surface area contributed by atoms with Gasteiger partial charge in [-0.1, -0.05) is 17.3 Å². The molecule has 1 amide bonds. The fourth-order valence-corrected chi connectivity index (χ4v) is 3.78. The Morgan fingerprint density at radius 1 is 1.22 bits per heavy atom. The maximum Gasteiger partial charge on any atom is 0.227 e. The van der Waals surface area contributed by atoms with Gasteiger partial charge in [-0.2, -0.15) is 0 Å². The highest BCUT2D eigenvalue weighted by Crippen LogP contribution is 2.24. The molecule has 0 radical (unpaired) electrons. The van der Waals surface area contributed by atoms with Crippen molar-refractivity contribution in [3.63, 3.8) is 0 Å². The summed E-state index contributed by atoms with van der Waals surface area (Å²) in [4.78, 5) is 14.6. The van der Waals surface area contributed by atoms with Crippen LogP contribution in [0.3, 0.4) is 0 Å². The van der Waals surface area contributed by atoms with E-state index >= 15 is 0 Å². The van der Waals surface area contributed by atoms with Crippen molar-refractivity contribution in [1.82, 2.24) is 10.1 Å². The van der Waals surface area contributed by atoms with Gasteiger partial charge in [-0.15, -0.1) is 0 Å². The SMILES string of the molecule is CCOc1ccc(CCC2CCN(C(=O)Cc3c(C)noc3C)CC2)cc1. The molecule has 5 nitrogen and oxygen atoms in total. The lowest BCUT2D eigenvalue weighted by Crippen LogP contribution is -2.39. The molecule has 0 bridgehead atoms. The van der Waals surface area contributed by atoms with Crippen molar-refractivity contribution in [3.05, 3.63) is 46.8 Å². The molecular weight excluding hydrogens is 340 g/mol. The average molecular weight is 370 g/mol. The topological polar surface area (TPSA) is 55.6 Å². The summed E-state index contributed by atoms with van der Waals surface area (Å²) < 4.78 is 10.7. The van der Waals surface area contributed by atoms with Gasteiger partial charge in [0, 0.05) is 18.7 Å². The third-order valence-corrected chi connectivity index (χ3v) is 5.55. The minimum Gasteiger partial charge on any atom is -0.494 e. The molecule has 1 aliphatic rings. The van der Waals surface area contributed by atoms with E-state index in [2.05, 4.69) is 29.4 Å². The highest BCUT2D eigenvalue weighted by molar-refractivity contribution is 5.79. The predicted octanol–water partition coefficient (Wildman–Crippen LogP) is 4.10. The van der Waals surface area contributed by atoms with E-state index in [1.165, 1.54) is 12.0 Å². The molecule has 2 aromatic rings. The third kappa shape index (κ3) is 5.12. The van der Waals surface area contributed by atoms with Crippen molar-refractivity contribution in [2.24, 2.45) is 5.92 Å². The molecule has 0 saturated carbocycles. The van der Waals surface area contributed by atoms with Crippen molar-refractivity contribution in [2.75, 3.05) is 19.7 Å². The van der Waals surface area contributed by atoms with Crippen LogP contribution in [0, 0.1) is 19.8 Å². The molecule has 3 rings (SSSR count). The summed E-state index contributed by atoms with van der Waals surface area (Å²) in [5, 5.41) is 3.94. The molecule has 0 aliphatic carbocycles. The summed E-state index contributed by atoms with van der Waals surface area (Å²) in [5.74, 6) is 2.58. The Kier molecular flexibility index (Phi) is 6.54. The van der Waals surface area contributed by atoms with Gasteiger partial charge in [0.25, 0.3) is 0 Å². The Hall–Kier alpha value is -2.30. The van der Waals surface area contributed by atoms with Crippen molar-refractivity contribution >= 4 is 5.91 Å². The number of hydrogen-bond acceptors (Lipinski definition) is 4. The second kappa shape index (κ2) is 9.07. The van der Waals surface area contributed by atoms with Gasteiger partial charge >= 0.3 is 0 Å². The predicted molar refractivity (Wildman–Crippen MR) is 105 cm³/mol. The van der Waals surface area contributed by atoms with Crippen LogP contribution in [0.1, 0.15) is 48.8 Å². The van der Waals surface area contributed by atoms with Gasteiger partial charge in [-0.05, 0) is 70.1 Å². The van der Waals surface area contributed by atoms with E-state index < -0.39 is 0 Å². The quantitative estimate of drug-likeness (QED) is 0.736. The number of carbonyl (C=O) groups excluding carboxylic acids is 1. The lowest BCUT2D eigenvalue weighted by Gasteiger charge is -2.32. The van der Waals surface area contributed by atoms with Crippen molar-refractivity contribution < 1.29 is 14.1 Å². The van der Waals surface area contributed by atoms with E-state index in [4.69, 9.17) is 9.26 Å². The summed E-state index contributed by atoms with van der Waals surface area (Å²) in [5.41, 5.74) is 3.12. The number of amides is 1. The van der Waals surface area contributed by atoms with Gasteiger partial charge in [0.1, 0.15) is 11.5 Å². The molecule has 1 saturated heterocycles. The molecule has 0 atom stereocenters. The van der Waals surface area contributed by atoms with Gasteiger partial charge in [0.2, 0.25) is 5.91 Å². The van der Waals surface area contributed by atoms with E-state index in [1.807, 2.05) is 25.7 Å². The minimum absolute atomic E-state index is 0.189. The van der Waals surface area contributed by atoms with E-state index in [0.717, 1.165) is 55.1 Å². The molecule has 0 spiro atoms. The molecule has 1 fully saturated rings. The lowest BCUT2D eigenvalue weighted by atomic mass is 9.90. The highest BCUT2D eigenvalue weighted by atomic mass is 16.5. The Balaban J connectivity index is 1.42. The molecule has 27 heavy (non-hydrogen) atoms. The fraction of sp³-hybridized carbons (Fsp3) is 0.545. The third-order valence-electron chi connectivity index (χ3n) is 5.55. The number of hydrogen-bond donors (Lipinski definition) is 0. The van der Waals surface area contributed by atoms with E-state index in [-0.39, 0.29) is 5.91 Å². The summed E-state index contributed by atoms with van der Waals surface area (Å²) in [7, 11) is 0. The van der Waals surface area contributed by atoms with Gasteiger partial charge < -0.3 is 14.2 Å². The van der Waals surface area contributed by atoms with Gasteiger partial charge in [0.05, 0.1) is 18.7 Å². The zero-order chi connectivity index (χ0) is 19.2. The zero-order valence-corrected chi connectivity index (χ0v) is 16.7. The summed E-state index contributed by atoms with van der Waals surface area (Å²) >= 11 is 0. The molecular formula is C22H30N2O3. The molecule has 0 N–H and O–H groups in total. The van der Waals surface area contributed by atoms with Crippen molar-refractivity contribution in [3.8, 4) is 5.75 Å². The first-order chi connectivity index (χ1) is 13.1. The van der Waals surface area contributed by atoms with E-state index in [0.29, 0.717) is 18.9 Å². The number of ether oxygens (including phenoxy) is 1. The molecule has 146 valence electrons. The van der Waals surface area contributed by atoms with E-state index in [1.54, 1.807) is 0 Å². The molecule has 5 heteroatoms. The average Bonchev–Trinajstić information content (AvgIpc) is 3.00. The summed E-state index contributed by atoms with van der Waals surface area (Å²) in [6.07, 6.45) is 4.84. The number of aryl methyl sites for hydroxylation is 3. The van der Waals surface area contributed by atoms with E-state index in [9.17, 15) is 4.79 Å². The number of piperidine rings is 1. The molecule has 1 aromatic heterocycles. The lowest BCUT2D eigenvalue weighted by molar-refractivity contribution is -0.131. The molecule has 1 aromatic carbocycles.